The van der Waals surface area contributed by atoms with Gasteiger partial charge in [0.2, 0.25) is 5.91 Å². The van der Waals surface area contributed by atoms with E-state index in [-0.39, 0.29) is 18.6 Å². The summed E-state index contributed by atoms with van der Waals surface area (Å²) >= 11 is 0. The maximum absolute atomic E-state index is 11.5. The van der Waals surface area contributed by atoms with E-state index in [2.05, 4.69) is 5.32 Å². The Balaban J connectivity index is 2.26. The van der Waals surface area contributed by atoms with E-state index >= 15 is 0 Å². The normalized spacial score (nSPS) is 12.1. The van der Waals surface area contributed by atoms with Gasteiger partial charge in [-0.2, -0.15) is 0 Å². The molecule has 0 fully saturated rings. The highest BCUT2D eigenvalue weighted by molar-refractivity contribution is 5.77. The Labute approximate surface area is 102 Å². The zero-order chi connectivity index (χ0) is 12.5. The molecule has 0 radical (unpaired) electrons. The summed E-state index contributed by atoms with van der Waals surface area (Å²) < 4.78 is 9.95. The minimum Gasteiger partial charge on any atom is -0.382 e. The molecule has 1 aromatic rings. The third kappa shape index (κ3) is 5.47. The number of ether oxygens (including phenoxy) is 2. The van der Waals surface area contributed by atoms with Crippen LogP contribution >= 0.6 is 0 Å². The van der Waals surface area contributed by atoms with Gasteiger partial charge in [-0.1, -0.05) is 30.3 Å². The Morgan fingerprint density at radius 1 is 1.29 bits per heavy atom. The minimum absolute atomic E-state index is 0.00488. The Morgan fingerprint density at radius 3 is 2.65 bits per heavy atom. The third-order valence-electron chi connectivity index (χ3n) is 2.34. The summed E-state index contributed by atoms with van der Waals surface area (Å²) in [5.74, 6) is -0.113. The molecule has 0 heterocycles. The van der Waals surface area contributed by atoms with E-state index in [0.29, 0.717) is 13.2 Å². The number of methoxy groups -OCH3 is 1. The molecule has 1 aromatic carbocycles. The second-order valence-electron chi connectivity index (χ2n) is 3.75. The van der Waals surface area contributed by atoms with E-state index < -0.39 is 0 Å². The molecule has 1 amide bonds. The van der Waals surface area contributed by atoms with Gasteiger partial charge in [-0.15, -0.1) is 0 Å². The van der Waals surface area contributed by atoms with Gasteiger partial charge in [-0.3, -0.25) is 4.79 Å². The van der Waals surface area contributed by atoms with E-state index in [9.17, 15) is 4.79 Å². The topological polar surface area (TPSA) is 47.6 Å². The summed E-state index contributed by atoms with van der Waals surface area (Å²) in [7, 11) is 1.60. The predicted octanol–water partition coefficient (Wildman–Crippen LogP) is 1.53. The van der Waals surface area contributed by atoms with Crippen molar-refractivity contribution >= 4 is 5.91 Å². The molecular weight excluding hydrogens is 218 g/mol. The first-order valence-electron chi connectivity index (χ1n) is 5.65. The van der Waals surface area contributed by atoms with Crippen molar-refractivity contribution in [2.24, 2.45) is 0 Å². The van der Waals surface area contributed by atoms with Gasteiger partial charge in [0.05, 0.1) is 19.3 Å². The van der Waals surface area contributed by atoms with Crippen molar-refractivity contribution in [1.29, 1.82) is 0 Å². The minimum atomic E-state index is -0.113. The number of carbonyl (C=O) groups excluding carboxylic acids is 1. The first-order valence-corrected chi connectivity index (χ1v) is 5.65. The lowest BCUT2D eigenvalue weighted by atomic mass is 10.1. The Kier molecular flexibility index (Phi) is 6.29. The summed E-state index contributed by atoms with van der Waals surface area (Å²) in [4.78, 5) is 11.5. The monoisotopic (exact) mass is 237 g/mol. The number of carbonyl (C=O) groups is 1. The average molecular weight is 237 g/mol. The fourth-order valence-corrected chi connectivity index (χ4v) is 1.42. The molecule has 0 spiro atoms. The van der Waals surface area contributed by atoms with Crippen LogP contribution in [0.2, 0.25) is 0 Å². The van der Waals surface area contributed by atoms with Crippen LogP contribution in [-0.2, 0) is 14.3 Å². The summed E-state index contributed by atoms with van der Waals surface area (Å²) in [6.07, 6.45) is 0. The van der Waals surface area contributed by atoms with Gasteiger partial charge in [0.1, 0.15) is 6.61 Å². The first kappa shape index (κ1) is 13.7. The van der Waals surface area contributed by atoms with E-state index in [1.165, 1.54) is 0 Å². The van der Waals surface area contributed by atoms with Gasteiger partial charge < -0.3 is 14.8 Å². The van der Waals surface area contributed by atoms with E-state index in [1.807, 2.05) is 37.3 Å². The Morgan fingerprint density at radius 2 is 2.00 bits per heavy atom. The summed E-state index contributed by atoms with van der Waals surface area (Å²) in [6.45, 7) is 2.95. The molecule has 0 aliphatic rings. The van der Waals surface area contributed by atoms with Gasteiger partial charge in [0, 0.05) is 7.11 Å². The average Bonchev–Trinajstić information content (AvgIpc) is 2.36. The number of rotatable bonds is 7. The lowest BCUT2D eigenvalue weighted by molar-refractivity contribution is -0.126. The summed E-state index contributed by atoms with van der Waals surface area (Å²) in [6, 6.07) is 9.81. The molecule has 1 atom stereocenters. The van der Waals surface area contributed by atoms with E-state index in [0.717, 1.165) is 5.56 Å². The lowest BCUT2D eigenvalue weighted by Gasteiger charge is -2.14. The fraction of sp³-hybridized carbons (Fsp3) is 0.462. The summed E-state index contributed by atoms with van der Waals surface area (Å²) in [5.41, 5.74) is 1.08. The molecular formula is C13H19NO3. The van der Waals surface area contributed by atoms with Crippen LogP contribution in [-0.4, -0.2) is 32.8 Å². The predicted molar refractivity (Wildman–Crippen MR) is 65.7 cm³/mol. The highest BCUT2D eigenvalue weighted by Crippen LogP contribution is 2.10. The van der Waals surface area contributed by atoms with Crippen LogP contribution in [0.1, 0.15) is 18.5 Å². The van der Waals surface area contributed by atoms with Crippen LogP contribution in [0.5, 0.6) is 0 Å². The zero-order valence-electron chi connectivity index (χ0n) is 10.3. The van der Waals surface area contributed by atoms with Crippen LogP contribution in [0.4, 0.5) is 0 Å². The van der Waals surface area contributed by atoms with Gasteiger partial charge in [-0.05, 0) is 12.5 Å². The second kappa shape index (κ2) is 7.81. The molecule has 1 rings (SSSR count). The van der Waals surface area contributed by atoms with Crippen LogP contribution in [0.25, 0.3) is 0 Å². The van der Waals surface area contributed by atoms with Crippen LogP contribution in [0, 0.1) is 0 Å². The number of hydrogen-bond acceptors (Lipinski definition) is 3. The Bertz CT molecular complexity index is 327. The van der Waals surface area contributed by atoms with Crippen molar-refractivity contribution in [1.82, 2.24) is 5.32 Å². The molecule has 0 aromatic heterocycles. The molecule has 17 heavy (non-hydrogen) atoms. The zero-order valence-corrected chi connectivity index (χ0v) is 10.3. The smallest absolute Gasteiger partial charge is 0.246 e. The van der Waals surface area contributed by atoms with Crippen LogP contribution in [0.15, 0.2) is 30.3 Å². The largest absolute Gasteiger partial charge is 0.382 e. The van der Waals surface area contributed by atoms with Crippen LogP contribution in [0.3, 0.4) is 0 Å². The molecule has 0 aliphatic carbocycles. The molecule has 4 nitrogen and oxygen atoms in total. The molecule has 4 heteroatoms. The maximum atomic E-state index is 11.5. The summed E-state index contributed by atoms with van der Waals surface area (Å²) in [5, 5.41) is 2.87. The maximum Gasteiger partial charge on any atom is 0.246 e. The quantitative estimate of drug-likeness (QED) is 0.731. The number of hydrogen-bond donors (Lipinski definition) is 1. The van der Waals surface area contributed by atoms with E-state index in [4.69, 9.17) is 9.47 Å². The Hall–Kier alpha value is -1.39. The highest BCUT2D eigenvalue weighted by Gasteiger charge is 2.08. The number of benzene rings is 1. The van der Waals surface area contributed by atoms with Crippen molar-refractivity contribution < 1.29 is 14.3 Å². The van der Waals surface area contributed by atoms with Crippen molar-refractivity contribution in [3.05, 3.63) is 35.9 Å². The second-order valence-corrected chi connectivity index (χ2v) is 3.75. The van der Waals surface area contributed by atoms with Crippen molar-refractivity contribution in [2.75, 3.05) is 26.9 Å². The standard InChI is InChI=1S/C13H19NO3/c1-11(12-6-4-3-5-7-12)14-13(15)10-17-9-8-16-2/h3-7,11H,8-10H2,1-2H3,(H,14,15). The number of nitrogens with one attached hydrogen (secondary N) is 1. The molecule has 94 valence electrons. The number of amides is 1. The van der Waals surface area contributed by atoms with Crippen molar-refractivity contribution in [2.45, 2.75) is 13.0 Å². The first-order chi connectivity index (χ1) is 8.24. The molecule has 0 saturated carbocycles. The lowest BCUT2D eigenvalue weighted by Crippen LogP contribution is -2.30. The molecule has 0 saturated heterocycles. The van der Waals surface area contributed by atoms with E-state index in [1.54, 1.807) is 7.11 Å². The van der Waals surface area contributed by atoms with Crippen molar-refractivity contribution in [3.63, 3.8) is 0 Å². The van der Waals surface area contributed by atoms with Crippen LogP contribution < -0.4 is 5.32 Å². The van der Waals surface area contributed by atoms with Gasteiger partial charge in [-0.25, -0.2) is 0 Å². The van der Waals surface area contributed by atoms with Crippen molar-refractivity contribution in [3.8, 4) is 0 Å². The SMILES string of the molecule is COCCOCC(=O)NC(C)c1ccccc1. The molecule has 0 aliphatic heterocycles. The fourth-order valence-electron chi connectivity index (χ4n) is 1.42. The van der Waals surface area contributed by atoms with Gasteiger partial charge >= 0.3 is 0 Å². The van der Waals surface area contributed by atoms with Gasteiger partial charge in [0.15, 0.2) is 0 Å². The van der Waals surface area contributed by atoms with Gasteiger partial charge in [0.25, 0.3) is 0 Å². The molecule has 0 bridgehead atoms. The molecule has 1 N–H and O–H groups in total. The highest BCUT2D eigenvalue weighted by atomic mass is 16.5. The molecule has 1 unspecified atom stereocenters. The third-order valence-corrected chi connectivity index (χ3v) is 2.34.